The van der Waals surface area contributed by atoms with E-state index in [1.165, 1.54) is 28.6 Å². The number of furan rings is 1. The van der Waals surface area contributed by atoms with Crippen molar-refractivity contribution < 1.29 is 26.8 Å². The Morgan fingerprint density at radius 3 is 2.47 bits per heavy atom. The lowest BCUT2D eigenvalue weighted by atomic mass is 10.2. The van der Waals surface area contributed by atoms with Gasteiger partial charge in [-0.05, 0) is 49.0 Å². The molecule has 0 bridgehead atoms. The van der Waals surface area contributed by atoms with Crippen LogP contribution in [0.2, 0.25) is 0 Å². The number of rotatable bonds is 6. The van der Waals surface area contributed by atoms with Crippen molar-refractivity contribution >= 4 is 33.3 Å². The van der Waals surface area contributed by atoms with Crippen molar-refractivity contribution in [2.45, 2.75) is 18.6 Å². The number of thiocarbonyl (C=S) groups is 1. The molecule has 0 unspecified atom stereocenters. The monoisotopic (exact) mass is 455 g/mol. The van der Waals surface area contributed by atoms with E-state index in [-0.39, 0.29) is 36.4 Å². The van der Waals surface area contributed by atoms with Gasteiger partial charge in [0, 0.05) is 32.7 Å². The Morgan fingerprint density at radius 1 is 1.17 bits per heavy atom. The fraction of sp³-hybridized carbons (Fsp3) is 0.368. The molecule has 0 saturated carbocycles. The minimum absolute atomic E-state index is 0.153. The van der Waals surface area contributed by atoms with Gasteiger partial charge in [-0.1, -0.05) is 12.1 Å². The summed E-state index contributed by atoms with van der Waals surface area (Å²) in [4.78, 5) is 13.6. The third kappa shape index (κ3) is 5.15. The number of hydrogen-bond donors (Lipinski definition) is 1. The second kappa shape index (κ2) is 9.54. The third-order valence-electron chi connectivity index (χ3n) is 4.53. The van der Waals surface area contributed by atoms with Crippen LogP contribution in [-0.4, -0.2) is 61.5 Å². The molecule has 162 valence electrons. The Hall–Kier alpha value is -2.50. The van der Waals surface area contributed by atoms with Crippen molar-refractivity contribution in [2.24, 2.45) is 0 Å². The number of piperazine rings is 1. The summed E-state index contributed by atoms with van der Waals surface area (Å²) in [7, 11) is -3.87. The van der Waals surface area contributed by atoms with E-state index in [4.69, 9.17) is 21.4 Å². The molecule has 1 aliphatic rings. The third-order valence-corrected chi connectivity index (χ3v) is 6.71. The fourth-order valence-corrected chi connectivity index (χ4v) is 4.51. The number of nitrogens with zero attached hydrogens (tertiary/aromatic N) is 2. The van der Waals surface area contributed by atoms with Gasteiger partial charge >= 0.3 is 5.97 Å². The average molecular weight is 456 g/mol. The Bertz CT molecular complexity index is 999. The van der Waals surface area contributed by atoms with Gasteiger partial charge in [-0.25, -0.2) is 17.6 Å². The van der Waals surface area contributed by atoms with Crippen LogP contribution in [0.1, 0.15) is 23.0 Å². The summed E-state index contributed by atoms with van der Waals surface area (Å²) in [6.07, 6.45) is 0. The van der Waals surface area contributed by atoms with Gasteiger partial charge in [0.2, 0.25) is 10.9 Å². The lowest BCUT2D eigenvalue weighted by molar-refractivity contribution is 0.0483. The number of esters is 1. The first kappa shape index (κ1) is 22.2. The molecular formula is C19H22FN3O5S2. The average Bonchev–Trinajstić information content (AvgIpc) is 3.25. The first-order chi connectivity index (χ1) is 14.3. The molecule has 3 rings (SSSR count). The highest BCUT2D eigenvalue weighted by Crippen LogP contribution is 2.21. The maximum absolute atomic E-state index is 13.0. The van der Waals surface area contributed by atoms with Gasteiger partial charge in [0.25, 0.3) is 10.0 Å². The molecule has 1 saturated heterocycles. The highest BCUT2D eigenvalue weighted by atomic mass is 32.2. The predicted octanol–water partition coefficient (Wildman–Crippen LogP) is 1.98. The molecular weight excluding hydrogens is 433 g/mol. The zero-order chi connectivity index (χ0) is 21.7. The maximum Gasteiger partial charge on any atom is 0.374 e. The first-order valence-electron chi connectivity index (χ1n) is 9.35. The zero-order valence-electron chi connectivity index (χ0n) is 16.3. The summed E-state index contributed by atoms with van der Waals surface area (Å²) in [6.45, 7) is 3.50. The smallest absolute Gasteiger partial charge is 0.374 e. The quantitative estimate of drug-likeness (QED) is 0.522. The maximum atomic E-state index is 13.0. The first-order valence-corrected chi connectivity index (χ1v) is 11.2. The second-order valence-corrected chi connectivity index (χ2v) is 8.77. The largest absolute Gasteiger partial charge is 0.460 e. The van der Waals surface area contributed by atoms with Gasteiger partial charge in [0.15, 0.2) is 5.11 Å². The predicted molar refractivity (Wildman–Crippen MR) is 111 cm³/mol. The van der Waals surface area contributed by atoms with Crippen LogP contribution in [0.4, 0.5) is 4.39 Å². The number of nitrogens with one attached hydrogen (secondary N) is 1. The Balaban J connectivity index is 1.54. The van der Waals surface area contributed by atoms with Gasteiger partial charge < -0.3 is 19.4 Å². The number of benzene rings is 1. The number of halogens is 1. The van der Waals surface area contributed by atoms with E-state index in [9.17, 15) is 17.6 Å². The molecule has 0 amide bonds. The van der Waals surface area contributed by atoms with Crippen molar-refractivity contribution in [1.82, 2.24) is 14.5 Å². The lowest BCUT2D eigenvalue weighted by Crippen LogP contribution is -2.52. The van der Waals surface area contributed by atoms with Gasteiger partial charge in [-0.3, -0.25) is 0 Å². The van der Waals surface area contributed by atoms with Crippen LogP contribution in [0.3, 0.4) is 0 Å². The van der Waals surface area contributed by atoms with E-state index in [0.29, 0.717) is 24.7 Å². The molecule has 1 aromatic heterocycles. The van der Waals surface area contributed by atoms with Crippen LogP contribution in [-0.2, 0) is 21.3 Å². The SMILES string of the molecule is CCOC(=O)c1ccc(S(=O)(=O)N2CCN(C(=S)NCc3ccc(F)cc3)CC2)o1. The van der Waals surface area contributed by atoms with Crippen molar-refractivity contribution in [1.29, 1.82) is 0 Å². The molecule has 0 atom stereocenters. The molecule has 2 heterocycles. The van der Waals surface area contributed by atoms with Crippen molar-refractivity contribution in [2.75, 3.05) is 32.8 Å². The van der Waals surface area contributed by atoms with Crippen LogP contribution in [0.15, 0.2) is 45.9 Å². The molecule has 0 spiro atoms. The minimum Gasteiger partial charge on any atom is -0.460 e. The van der Waals surface area contributed by atoms with E-state index < -0.39 is 16.0 Å². The molecule has 0 radical (unpaired) electrons. The van der Waals surface area contributed by atoms with Gasteiger partial charge in [-0.2, -0.15) is 4.31 Å². The van der Waals surface area contributed by atoms with Crippen LogP contribution in [0, 0.1) is 5.82 Å². The van der Waals surface area contributed by atoms with Crippen LogP contribution < -0.4 is 5.32 Å². The molecule has 1 aliphatic heterocycles. The van der Waals surface area contributed by atoms with Gasteiger partial charge in [0.1, 0.15) is 5.82 Å². The molecule has 0 aliphatic carbocycles. The topological polar surface area (TPSA) is 92.1 Å². The fourth-order valence-electron chi connectivity index (χ4n) is 2.92. The summed E-state index contributed by atoms with van der Waals surface area (Å²) >= 11 is 5.38. The second-order valence-electron chi connectivity index (χ2n) is 6.52. The molecule has 8 nitrogen and oxygen atoms in total. The minimum atomic E-state index is -3.87. The van der Waals surface area contributed by atoms with Crippen LogP contribution in [0.5, 0.6) is 0 Å². The number of carbonyl (C=O) groups is 1. The van der Waals surface area contributed by atoms with E-state index in [1.54, 1.807) is 19.1 Å². The number of sulfonamides is 1. The Kier molecular flexibility index (Phi) is 7.06. The van der Waals surface area contributed by atoms with Crippen molar-refractivity contribution in [3.8, 4) is 0 Å². The van der Waals surface area contributed by atoms with E-state index >= 15 is 0 Å². The zero-order valence-corrected chi connectivity index (χ0v) is 18.0. The van der Waals surface area contributed by atoms with Crippen molar-refractivity contribution in [3.63, 3.8) is 0 Å². The number of ether oxygens (including phenoxy) is 1. The highest BCUT2D eigenvalue weighted by molar-refractivity contribution is 7.89. The molecule has 30 heavy (non-hydrogen) atoms. The highest BCUT2D eigenvalue weighted by Gasteiger charge is 2.32. The lowest BCUT2D eigenvalue weighted by Gasteiger charge is -2.35. The molecule has 1 N–H and O–H groups in total. The Labute approximate surface area is 179 Å². The summed E-state index contributed by atoms with van der Waals surface area (Å²) in [6, 6.07) is 8.64. The molecule has 2 aromatic rings. The summed E-state index contributed by atoms with van der Waals surface area (Å²) < 4.78 is 49.8. The van der Waals surface area contributed by atoms with Crippen LogP contribution in [0.25, 0.3) is 0 Å². The summed E-state index contributed by atoms with van der Waals surface area (Å²) in [5, 5.41) is 3.30. The summed E-state index contributed by atoms with van der Waals surface area (Å²) in [5.41, 5.74) is 0.884. The normalized spacial score (nSPS) is 15.1. The van der Waals surface area contributed by atoms with Crippen molar-refractivity contribution in [3.05, 3.63) is 53.5 Å². The summed E-state index contributed by atoms with van der Waals surface area (Å²) in [5.74, 6) is -1.16. The number of carbonyl (C=O) groups excluding carboxylic acids is 1. The standard InChI is InChI=1S/C19H22FN3O5S2/c1-2-27-18(24)16-7-8-17(28-16)30(25,26)23-11-9-22(10-12-23)19(29)21-13-14-3-5-15(20)6-4-14/h3-8H,2,9-13H2,1H3,(H,21,29). The van der Waals surface area contributed by atoms with E-state index in [2.05, 4.69) is 5.32 Å². The van der Waals surface area contributed by atoms with E-state index in [0.717, 1.165) is 5.56 Å². The molecule has 1 fully saturated rings. The number of hydrogen-bond acceptors (Lipinski definition) is 6. The van der Waals surface area contributed by atoms with Gasteiger partial charge in [0.05, 0.1) is 6.61 Å². The van der Waals surface area contributed by atoms with Gasteiger partial charge in [-0.15, -0.1) is 0 Å². The Morgan fingerprint density at radius 2 is 1.83 bits per heavy atom. The van der Waals surface area contributed by atoms with Crippen LogP contribution >= 0.6 is 12.2 Å². The molecule has 11 heteroatoms. The molecule has 1 aromatic carbocycles. The van der Waals surface area contributed by atoms with E-state index in [1.807, 2.05) is 4.90 Å².